The Morgan fingerprint density at radius 1 is 1.13 bits per heavy atom. The smallest absolute Gasteiger partial charge is 0.275 e. The summed E-state index contributed by atoms with van der Waals surface area (Å²) >= 11 is 3.49. The van der Waals surface area contributed by atoms with Gasteiger partial charge in [-0.3, -0.25) is 4.79 Å². The van der Waals surface area contributed by atoms with Crippen molar-refractivity contribution >= 4 is 38.8 Å². The molecule has 3 rings (SSSR count). The molecule has 0 aromatic heterocycles. The molecule has 0 bridgehead atoms. The van der Waals surface area contributed by atoms with Gasteiger partial charge in [-0.2, -0.15) is 5.10 Å². The van der Waals surface area contributed by atoms with Crippen LogP contribution in [0.3, 0.4) is 0 Å². The molecule has 0 aliphatic rings. The topological polar surface area (TPSA) is 69.2 Å². The number of methoxy groups -OCH3 is 1. The highest BCUT2D eigenvalue weighted by Crippen LogP contribution is 2.36. The Labute approximate surface area is 189 Å². The van der Waals surface area contributed by atoms with E-state index in [1.54, 1.807) is 18.2 Å². The van der Waals surface area contributed by atoms with E-state index in [0.717, 1.165) is 16.3 Å². The van der Waals surface area contributed by atoms with Crippen LogP contribution in [-0.4, -0.2) is 32.4 Å². The third-order valence-electron chi connectivity index (χ3n) is 4.37. The van der Waals surface area contributed by atoms with E-state index in [0.29, 0.717) is 40.5 Å². The minimum Gasteiger partial charge on any atom is -0.496 e. The van der Waals surface area contributed by atoms with Crippen LogP contribution in [0.15, 0.2) is 70.8 Å². The molecule has 0 aliphatic carbocycles. The average molecular weight is 483 g/mol. The Morgan fingerprint density at radius 2 is 1.87 bits per heavy atom. The molecule has 6 nitrogen and oxygen atoms in total. The van der Waals surface area contributed by atoms with E-state index in [1.807, 2.05) is 43.3 Å². The number of halogens is 1. The fourth-order valence-corrected chi connectivity index (χ4v) is 3.57. The van der Waals surface area contributed by atoms with Crippen LogP contribution >= 0.6 is 15.9 Å². The molecule has 0 unspecified atom stereocenters. The Hall–Kier alpha value is -3.32. The van der Waals surface area contributed by atoms with Crippen molar-refractivity contribution in [3.8, 4) is 17.2 Å². The van der Waals surface area contributed by atoms with Gasteiger partial charge in [-0.1, -0.05) is 36.9 Å². The summed E-state index contributed by atoms with van der Waals surface area (Å²) in [5.74, 6) is 1.27. The van der Waals surface area contributed by atoms with Gasteiger partial charge in [-0.05, 0) is 63.5 Å². The van der Waals surface area contributed by atoms with Crippen molar-refractivity contribution in [2.24, 2.45) is 5.10 Å². The van der Waals surface area contributed by atoms with Gasteiger partial charge in [0.15, 0.2) is 11.5 Å². The highest BCUT2D eigenvalue weighted by molar-refractivity contribution is 9.10. The maximum Gasteiger partial charge on any atom is 0.275 e. The van der Waals surface area contributed by atoms with E-state index in [4.69, 9.17) is 14.2 Å². The van der Waals surface area contributed by atoms with Gasteiger partial charge in [-0.15, -0.1) is 0 Å². The number of nitrogens with zero attached hydrogens (tertiary/aromatic N) is 1. The molecule has 0 spiro atoms. The van der Waals surface area contributed by atoms with Gasteiger partial charge in [0.1, 0.15) is 12.4 Å². The van der Waals surface area contributed by atoms with Crippen LogP contribution in [0.5, 0.6) is 17.2 Å². The first kappa shape index (κ1) is 22.4. The Kier molecular flexibility index (Phi) is 7.67. The molecule has 3 aromatic carbocycles. The molecule has 1 N–H and O–H groups in total. The van der Waals surface area contributed by atoms with Crippen LogP contribution in [0.4, 0.5) is 0 Å². The fourth-order valence-electron chi connectivity index (χ4n) is 3.00. The summed E-state index contributed by atoms with van der Waals surface area (Å²) in [7, 11) is 1.53. The predicted molar refractivity (Wildman–Crippen MR) is 127 cm³/mol. The van der Waals surface area contributed by atoms with E-state index in [-0.39, 0.29) is 5.91 Å². The van der Waals surface area contributed by atoms with Crippen molar-refractivity contribution in [3.05, 3.63) is 76.8 Å². The van der Waals surface area contributed by atoms with E-state index < -0.39 is 0 Å². The maximum absolute atomic E-state index is 12.7. The molecule has 0 saturated carbocycles. The van der Waals surface area contributed by atoms with Gasteiger partial charge in [0.05, 0.1) is 30.0 Å². The molecular formula is C24H23BrN2O4. The first-order chi connectivity index (χ1) is 15.1. The zero-order chi connectivity index (χ0) is 22.2. The van der Waals surface area contributed by atoms with Gasteiger partial charge in [-0.25, -0.2) is 5.43 Å². The summed E-state index contributed by atoms with van der Waals surface area (Å²) in [5, 5.41) is 6.03. The second-order valence-corrected chi connectivity index (χ2v) is 7.32. The second-order valence-electron chi connectivity index (χ2n) is 6.46. The van der Waals surface area contributed by atoms with Crippen molar-refractivity contribution in [1.29, 1.82) is 0 Å². The van der Waals surface area contributed by atoms with E-state index in [2.05, 4.69) is 33.0 Å². The molecule has 0 heterocycles. The molecule has 31 heavy (non-hydrogen) atoms. The molecule has 0 atom stereocenters. The number of carbonyl (C=O) groups is 1. The Bertz CT molecular complexity index is 1130. The first-order valence-electron chi connectivity index (χ1n) is 9.67. The Balaban J connectivity index is 1.80. The zero-order valence-corrected chi connectivity index (χ0v) is 18.9. The third-order valence-corrected chi connectivity index (χ3v) is 4.96. The second kappa shape index (κ2) is 10.6. The monoisotopic (exact) mass is 482 g/mol. The molecular weight excluding hydrogens is 460 g/mol. The van der Waals surface area contributed by atoms with Gasteiger partial charge in [0.25, 0.3) is 5.91 Å². The van der Waals surface area contributed by atoms with E-state index in [9.17, 15) is 4.79 Å². The zero-order valence-electron chi connectivity index (χ0n) is 17.4. The van der Waals surface area contributed by atoms with E-state index in [1.165, 1.54) is 13.3 Å². The minimum absolute atomic E-state index is 0.357. The molecule has 0 aliphatic heterocycles. The lowest BCUT2D eigenvalue weighted by Gasteiger charge is -2.13. The van der Waals surface area contributed by atoms with Gasteiger partial charge in [0.2, 0.25) is 0 Å². The van der Waals surface area contributed by atoms with Crippen molar-refractivity contribution in [3.63, 3.8) is 0 Å². The summed E-state index contributed by atoms with van der Waals surface area (Å²) in [4.78, 5) is 12.7. The van der Waals surface area contributed by atoms with Crippen molar-refractivity contribution < 1.29 is 19.0 Å². The molecule has 0 fully saturated rings. The van der Waals surface area contributed by atoms with Crippen LogP contribution in [0, 0.1) is 0 Å². The summed E-state index contributed by atoms with van der Waals surface area (Å²) in [6.45, 7) is 6.39. The van der Waals surface area contributed by atoms with Crippen LogP contribution in [0.2, 0.25) is 0 Å². The largest absolute Gasteiger partial charge is 0.496 e. The summed E-state index contributed by atoms with van der Waals surface area (Å²) in [5.41, 5.74) is 3.69. The van der Waals surface area contributed by atoms with Gasteiger partial charge >= 0.3 is 0 Å². The number of fused-ring (bicyclic) bond motifs is 1. The van der Waals surface area contributed by atoms with Crippen molar-refractivity contribution in [1.82, 2.24) is 5.43 Å². The van der Waals surface area contributed by atoms with Crippen LogP contribution in [0.1, 0.15) is 22.8 Å². The van der Waals surface area contributed by atoms with Crippen LogP contribution in [-0.2, 0) is 0 Å². The third kappa shape index (κ3) is 5.44. The first-order valence-corrected chi connectivity index (χ1v) is 10.5. The summed E-state index contributed by atoms with van der Waals surface area (Å²) < 4.78 is 17.4. The highest BCUT2D eigenvalue weighted by atomic mass is 79.9. The van der Waals surface area contributed by atoms with Crippen LogP contribution < -0.4 is 19.6 Å². The van der Waals surface area contributed by atoms with Crippen molar-refractivity contribution in [2.45, 2.75) is 6.92 Å². The number of hydrogen-bond donors (Lipinski definition) is 1. The Morgan fingerprint density at radius 3 is 2.55 bits per heavy atom. The normalized spacial score (nSPS) is 10.8. The molecule has 0 saturated heterocycles. The van der Waals surface area contributed by atoms with Gasteiger partial charge in [0, 0.05) is 0 Å². The van der Waals surface area contributed by atoms with Gasteiger partial charge < -0.3 is 14.2 Å². The highest BCUT2D eigenvalue weighted by Gasteiger charge is 2.14. The number of carbonyl (C=O) groups excluding carboxylic acids is 1. The quantitative estimate of drug-likeness (QED) is 0.254. The van der Waals surface area contributed by atoms with E-state index >= 15 is 0 Å². The molecule has 3 aromatic rings. The number of hydrogen-bond acceptors (Lipinski definition) is 5. The number of hydrazone groups is 1. The molecule has 7 heteroatoms. The number of amides is 1. The summed E-state index contributed by atoms with van der Waals surface area (Å²) in [6.07, 6.45) is 3.20. The molecule has 0 radical (unpaired) electrons. The van der Waals surface area contributed by atoms with Crippen molar-refractivity contribution in [2.75, 3.05) is 20.3 Å². The van der Waals surface area contributed by atoms with Crippen LogP contribution in [0.25, 0.3) is 10.8 Å². The lowest BCUT2D eigenvalue weighted by atomic mass is 10.1. The maximum atomic E-state index is 12.7. The number of rotatable bonds is 9. The number of ether oxygens (including phenoxy) is 3. The lowest BCUT2D eigenvalue weighted by Crippen LogP contribution is -2.18. The average Bonchev–Trinajstić information content (AvgIpc) is 2.77. The lowest BCUT2D eigenvalue weighted by molar-refractivity contribution is 0.0952. The number of nitrogens with one attached hydrogen (secondary N) is 1. The summed E-state index contributed by atoms with van der Waals surface area (Å²) in [6, 6.07) is 15.0. The molecule has 1 amide bonds. The number of benzene rings is 3. The minimum atomic E-state index is -0.367. The SMILES string of the molecule is C=CCOc1c(Br)cc(C=NNC(=O)c2cc3ccccc3cc2OC)cc1OCC. The predicted octanol–water partition coefficient (Wildman–Crippen LogP) is 5.34. The fraction of sp³-hybridized carbons (Fsp3) is 0.167. The molecule has 160 valence electrons. The standard InChI is InChI=1S/C24H23BrN2O4/c1-4-10-31-23-20(25)11-16(12-22(23)30-5-2)15-26-27-24(28)19-13-17-8-6-7-9-18(17)14-21(19)29-3/h4,6-9,11-15H,1,5,10H2,2-3H3,(H,27,28).